The van der Waals surface area contributed by atoms with Crippen molar-refractivity contribution in [3.8, 4) is 0 Å². The zero-order valence-corrected chi connectivity index (χ0v) is 18.3. The molecule has 0 bridgehead atoms. The minimum absolute atomic E-state index is 0.0720. The van der Waals surface area contributed by atoms with Crippen molar-refractivity contribution in [2.24, 2.45) is 0 Å². The summed E-state index contributed by atoms with van der Waals surface area (Å²) < 4.78 is 14.1. The van der Waals surface area contributed by atoms with Gasteiger partial charge < -0.3 is 15.5 Å². The third-order valence-corrected chi connectivity index (χ3v) is 5.64. The van der Waals surface area contributed by atoms with Crippen molar-refractivity contribution >= 4 is 29.0 Å². The number of halogens is 1. The quantitative estimate of drug-likeness (QED) is 0.380. The summed E-state index contributed by atoms with van der Waals surface area (Å²) in [5.74, 6) is -0.964. The lowest BCUT2D eigenvalue weighted by atomic mass is 10.1. The fourth-order valence-electron chi connectivity index (χ4n) is 3.80. The van der Waals surface area contributed by atoms with Crippen LogP contribution in [0.4, 0.5) is 15.8 Å². The molecule has 1 aliphatic heterocycles. The van der Waals surface area contributed by atoms with Gasteiger partial charge in [0, 0.05) is 24.2 Å². The lowest BCUT2D eigenvalue weighted by Crippen LogP contribution is -2.27. The summed E-state index contributed by atoms with van der Waals surface area (Å²) in [6.45, 7) is 3.53. The van der Waals surface area contributed by atoms with E-state index in [-0.39, 0.29) is 17.2 Å². The van der Waals surface area contributed by atoms with Gasteiger partial charge in [0.25, 0.3) is 11.8 Å². The van der Waals surface area contributed by atoms with E-state index in [4.69, 9.17) is 5.41 Å². The maximum absolute atomic E-state index is 14.1. The van der Waals surface area contributed by atoms with Crippen LogP contribution in [-0.2, 0) is 0 Å². The number of aryl methyl sites for hydroxylation is 1. The van der Waals surface area contributed by atoms with Crippen molar-refractivity contribution in [3.05, 3.63) is 94.8 Å². The fourth-order valence-corrected chi connectivity index (χ4v) is 3.80. The van der Waals surface area contributed by atoms with Gasteiger partial charge in [-0.1, -0.05) is 30.3 Å². The standard InChI is InChI=1S/C26H25FN4O2/c1-17-8-13-23(21(27)16-17)30-26(33)20-6-2-3-7-22(20)29-25(32)19-11-9-18(10-12-19)24(28)31-14-4-5-15-31/h2-3,6-13,16,28H,4-5,14-15H2,1H3,(H,29,32)(H,30,33). The van der Waals surface area contributed by atoms with Crippen LogP contribution in [0.25, 0.3) is 0 Å². The fraction of sp³-hybridized carbons (Fsp3) is 0.192. The highest BCUT2D eigenvalue weighted by atomic mass is 19.1. The number of hydrogen-bond acceptors (Lipinski definition) is 3. The van der Waals surface area contributed by atoms with Crippen molar-refractivity contribution in [2.75, 3.05) is 23.7 Å². The molecule has 4 rings (SSSR count). The Balaban J connectivity index is 1.47. The topological polar surface area (TPSA) is 85.3 Å². The number of likely N-dealkylation sites (tertiary alicyclic amines) is 1. The van der Waals surface area contributed by atoms with Gasteiger partial charge in [-0.25, -0.2) is 4.39 Å². The molecule has 0 atom stereocenters. The second-order valence-electron chi connectivity index (χ2n) is 8.06. The molecule has 33 heavy (non-hydrogen) atoms. The Morgan fingerprint density at radius 2 is 1.48 bits per heavy atom. The number of hydrogen-bond donors (Lipinski definition) is 3. The van der Waals surface area contributed by atoms with E-state index in [1.165, 1.54) is 12.1 Å². The van der Waals surface area contributed by atoms with Crippen LogP contribution >= 0.6 is 0 Å². The largest absolute Gasteiger partial charge is 0.357 e. The number of anilines is 2. The molecule has 1 aliphatic rings. The Hall–Kier alpha value is -4.00. The summed E-state index contributed by atoms with van der Waals surface area (Å²) in [5, 5.41) is 13.7. The van der Waals surface area contributed by atoms with Crippen LogP contribution in [0.3, 0.4) is 0 Å². The number of para-hydroxylation sites is 1. The molecule has 0 spiro atoms. The van der Waals surface area contributed by atoms with Gasteiger partial charge in [0.1, 0.15) is 11.7 Å². The first-order valence-corrected chi connectivity index (χ1v) is 10.8. The van der Waals surface area contributed by atoms with Gasteiger partial charge in [-0.2, -0.15) is 0 Å². The molecular formula is C26H25FN4O2. The highest BCUT2D eigenvalue weighted by Crippen LogP contribution is 2.21. The molecule has 2 amide bonds. The van der Waals surface area contributed by atoms with Crippen LogP contribution in [0.2, 0.25) is 0 Å². The second-order valence-corrected chi connectivity index (χ2v) is 8.06. The molecule has 0 aliphatic carbocycles. The van der Waals surface area contributed by atoms with Gasteiger partial charge in [-0.3, -0.25) is 15.0 Å². The Morgan fingerprint density at radius 1 is 0.848 bits per heavy atom. The van der Waals surface area contributed by atoms with Crippen LogP contribution in [0.15, 0.2) is 66.7 Å². The summed E-state index contributed by atoms with van der Waals surface area (Å²) in [6.07, 6.45) is 2.18. The molecule has 1 fully saturated rings. The maximum Gasteiger partial charge on any atom is 0.257 e. The molecule has 3 aromatic carbocycles. The van der Waals surface area contributed by atoms with E-state index in [0.717, 1.165) is 37.1 Å². The predicted octanol–water partition coefficient (Wildman–Crippen LogP) is 5.06. The van der Waals surface area contributed by atoms with Crippen molar-refractivity contribution < 1.29 is 14.0 Å². The molecule has 0 saturated carbocycles. The summed E-state index contributed by atoms with van der Waals surface area (Å²) in [5.41, 5.74) is 2.53. The lowest BCUT2D eigenvalue weighted by Gasteiger charge is -2.18. The molecule has 6 nitrogen and oxygen atoms in total. The first kappa shape index (κ1) is 22.2. The third-order valence-electron chi connectivity index (χ3n) is 5.64. The van der Waals surface area contributed by atoms with Crippen LogP contribution in [-0.4, -0.2) is 35.6 Å². The molecule has 1 heterocycles. The summed E-state index contributed by atoms with van der Waals surface area (Å²) >= 11 is 0. The first-order valence-electron chi connectivity index (χ1n) is 10.8. The Kier molecular flexibility index (Phi) is 6.49. The average molecular weight is 445 g/mol. The molecular weight excluding hydrogens is 419 g/mol. The van der Waals surface area contributed by atoms with Crippen LogP contribution < -0.4 is 10.6 Å². The summed E-state index contributed by atoms with van der Waals surface area (Å²) in [4.78, 5) is 27.6. The van der Waals surface area contributed by atoms with E-state index in [0.29, 0.717) is 17.1 Å². The van der Waals surface area contributed by atoms with Crippen molar-refractivity contribution in [1.82, 2.24) is 4.90 Å². The van der Waals surface area contributed by atoms with Gasteiger partial charge in [0.15, 0.2) is 0 Å². The first-order chi connectivity index (χ1) is 15.9. The molecule has 0 radical (unpaired) electrons. The highest BCUT2D eigenvalue weighted by molar-refractivity contribution is 6.12. The van der Waals surface area contributed by atoms with E-state index < -0.39 is 11.7 Å². The average Bonchev–Trinajstić information content (AvgIpc) is 3.36. The molecule has 3 aromatic rings. The SMILES string of the molecule is Cc1ccc(NC(=O)c2ccccc2NC(=O)c2ccc(C(=N)N3CCCC3)cc2)c(F)c1. The summed E-state index contributed by atoms with van der Waals surface area (Å²) in [7, 11) is 0. The number of amidine groups is 1. The van der Waals surface area contributed by atoms with Gasteiger partial charge in [-0.15, -0.1) is 0 Å². The van der Waals surface area contributed by atoms with E-state index in [1.54, 1.807) is 61.5 Å². The van der Waals surface area contributed by atoms with Crippen molar-refractivity contribution in [2.45, 2.75) is 19.8 Å². The van der Waals surface area contributed by atoms with Gasteiger partial charge >= 0.3 is 0 Å². The number of rotatable bonds is 5. The van der Waals surface area contributed by atoms with Gasteiger partial charge in [-0.05, 0) is 61.7 Å². The summed E-state index contributed by atoms with van der Waals surface area (Å²) in [6, 6.07) is 18.0. The van der Waals surface area contributed by atoms with Crippen LogP contribution in [0, 0.1) is 18.2 Å². The lowest BCUT2D eigenvalue weighted by molar-refractivity contribution is 0.102. The third kappa shape index (κ3) is 5.09. The van der Waals surface area contributed by atoms with Crippen LogP contribution in [0.1, 0.15) is 44.7 Å². The van der Waals surface area contributed by atoms with Gasteiger partial charge in [0.05, 0.1) is 16.9 Å². The van der Waals surface area contributed by atoms with Gasteiger partial charge in [0.2, 0.25) is 0 Å². The Labute approximate surface area is 191 Å². The number of nitrogens with zero attached hydrogens (tertiary/aromatic N) is 1. The minimum atomic E-state index is -0.525. The number of amides is 2. The molecule has 3 N–H and O–H groups in total. The number of benzene rings is 3. The molecule has 0 unspecified atom stereocenters. The Bertz CT molecular complexity index is 1200. The van der Waals surface area contributed by atoms with Crippen molar-refractivity contribution in [1.29, 1.82) is 5.41 Å². The van der Waals surface area contributed by atoms with E-state index in [1.807, 2.05) is 4.90 Å². The minimum Gasteiger partial charge on any atom is -0.357 e. The predicted molar refractivity (Wildman–Crippen MR) is 128 cm³/mol. The normalized spacial score (nSPS) is 13.0. The maximum atomic E-state index is 14.1. The van der Waals surface area contributed by atoms with E-state index >= 15 is 0 Å². The van der Waals surface area contributed by atoms with Crippen LogP contribution in [0.5, 0.6) is 0 Å². The zero-order valence-electron chi connectivity index (χ0n) is 18.3. The molecule has 7 heteroatoms. The second kappa shape index (κ2) is 9.65. The number of carbonyl (C=O) groups excluding carboxylic acids is 2. The monoisotopic (exact) mass is 444 g/mol. The zero-order chi connectivity index (χ0) is 23.4. The smallest absolute Gasteiger partial charge is 0.257 e. The van der Waals surface area contributed by atoms with E-state index in [9.17, 15) is 14.0 Å². The highest BCUT2D eigenvalue weighted by Gasteiger charge is 2.18. The number of nitrogens with one attached hydrogen (secondary N) is 3. The molecule has 1 saturated heterocycles. The Morgan fingerprint density at radius 3 is 2.18 bits per heavy atom. The molecule has 168 valence electrons. The molecule has 0 aromatic heterocycles. The van der Waals surface area contributed by atoms with E-state index in [2.05, 4.69) is 10.6 Å². The van der Waals surface area contributed by atoms with Crippen molar-refractivity contribution in [3.63, 3.8) is 0 Å². The number of carbonyl (C=O) groups is 2.